The third-order valence-electron chi connectivity index (χ3n) is 1.45. The van der Waals surface area contributed by atoms with E-state index in [1.807, 2.05) is 12.1 Å². The highest BCUT2D eigenvalue weighted by atomic mass is 16.4. The summed E-state index contributed by atoms with van der Waals surface area (Å²) in [5.41, 5.74) is 1.37. The highest BCUT2D eigenvalue weighted by Gasteiger charge is 2.02. The van der Waals surface area contributed by atoms with E-state index in [0.717, 1.165) is 5.52 Å². The largest absolute Gasteiger partial charge is 0.423 e. The van der Waals surface area contributed by atoms with Gasteiger partial charge in [-0.05, 0) is 12.1 Å². The predicted octanol–water partition coefficient (Wildman–Crippen LogP) is 1.31. The Bertz CT molecular complexity index is 375. The van der Waals surface area contributed by atoms with Crippen molar-refractivity contribution in [2.45, 2.75) is 0 Å². The van der Waals surface area contributed by atoms with Gasteiger partial charge in [-0.1, -0.05) is 12.1 Å². The fourth-order valence-corrected chi connectivity index (χ4v) is 0.969. The molecular formula is C8H5N2O2. The normalized spacial score (nSPS) is 10.0. The van der Waals surface area contributed by atoms with Gasteiger partial charge in [-0.3, -0.25) is 10.1 Å². The first-order chi connectivity index (χ1) is 5.90. The van der Waals surface area contributed by atoms with Crippen LogP contribution in [0.5, 0.6) is 0 Å². The number of hydrogen-bond acceptors (Lipinski definition) is 3. The molecule has 2 aromatic rings. The van der Waals surface area contributed by atoms with Crippen LogP contribution in [0.1, 0.15) is 0 Å². The van der Waals surface area contributed by atoms with Crippen LogP contribution < -0.4 is 5.32 Å². The van der Waals surface area contributed by atoms with Gasteiger partial charge in [-0.15, -0.1) is 0 Å². The molecule has 1 N–H and O–H groups in total. The number of amides is 1. The maximum absolute atomic E-state index is 9.91. The zero-order valence-electron chi connectivity index (χ0n) is 6.07. The van der Waals surface area contributed by atoms with Gasteiger partial charge in [0.1, 0.15) is 5.52 Å². The van der Waals surface area contributed by atoms with Gasteiger partial charge in [0.25, 0.3) is 0 Å². The summed E-state index contributed by atoms with van der Waals surface area (Å²) in [5.74, 6) is 0. The molecule has 0 bridgehead atoms. The molecule has 0 saturated heterocycles. The molecule has 4 nitrogen and oxygen atoms in total. The van der Waals surface area contributed by atoms with Crippen molar-refractivity contribution in [1.82, 2.24) is 4.98 Å². The van der Waals surface area contributed by atoms with Crippen LogP contribution in [-0.4, -0.2) is 11.4 Å². The van der Waals surface area contributed by atoms with Crippen LogP contribution in [0.3, 0.4) is 0 Å². The minimum Gasteiger partial charge on any atom is -0.423 e. The molecule has 12 heavy (non-hydrogen) atoms. The average Bonchev–Trinajstić information content (AvgIpc) is 2.47. The van der Waals surface area contributed by atoms with E-state index in [-0.39, 0.29) is 6.01 Å². The maximum Gasteiger partial charge on any atom is 0.317 e. The number of carbonyl (C=O) groups excluding carboxylic acids is 1. The van der Waals surface area contributed by atoms with E-state index in [2.05, 4.69) is 10.3 Å². The highest BCUT2D eigenvalue weighted by molar-refractivity contribution is 5.77. The molecule has 0 aliphatic rings. The number of anilines is 1. The number of oxazole rings is 1. The Balaban J connectivity index is 2.54. The van der Waals surface area contributed by atoms with Crippen LogP contribution in [0.2, 0.25) is 0 Å². The third kappa shape index (κ3) is 1.03. The Labute approximate surface area is 68.2 Å². The van der Waals surface area contributed by atoms with Gasteiger partial charge in [-0.2, -0.15) is 4.98 Å². The van der Waals surface area contributed by atoms with Crippen LogP contribution in [-0.2, 0) is 4.79 Å². The van der Waals surface area contributed by atoms with Crippen LogP contribution in [0.15, 0.2) is 28.7 Å². The molecule has 0 aliphatic heterocycles. The number of para-hydroxylation sites is 2. The lowest BCUT2D eigenvalue weighted by Crippen LogP contribution is -1.92. The van der Waals surface area contributed by atoms with Gasteiger partial charge >= 0.3 is 12.4 Å². The van der Waals surface area contributed by atoms with Crippen LogP contribution >= 0.6 is 0 Å². The summed E-state index contributed by atoms with van der Waals surface area (Å²) in [4.78, 5) is 13.9. The van der Waals surface area contributed by atoms with Crippen molar-refractivity contribution in [3.8, 4) is 0 Å². The molecule has 0 unspecified atom stereocenters. The number of nitrogens with one attached hydrogen (secondary N) is 1. The molecule has 0 atom stereocenters. The number of benzene rings is 1. The summed E-state index contributed by atoms with van der Waals surface area (Å²) >= 11 is 0. The second-order valence-corrected chi connectivity index (χ2v) is 2.21. The van der Waals surface area contributed by atoms with Crippen molar-refractivity contribution < 1.29 is 9.21 Å². The maximum atomic E-state index is 9.91. The lowest BCUT2D eigenvalue weighted by atomic mass is 10.3. The van der Waals surface area contributed by atoms with E-state index in [0.29, 0.717) is 5.58 Å². The van der Waals surface area contributed by atoms with Crippen molar-refractivity contribution in [3.05, 3.63) is 24.3 Å². The van der Waals surface area contributed by atoms with Crippen LogP contribution in [0, 0.1) is 0 Å². The molecule has 1 aromatic heterocycles. The highest BCUT2D eigenvalue weighted by Crippen LogP contribution is 2.16. The first-order valence-electron chi connectivity index (χ1n) is 3.39. The molecule has 4 heteroatoms. The topological polar surface area (TPSA) is 55.1 Å². The Kier molecular flexibility index (Phi) is 1.51. The quantitative estimate of drug-likeness (QED) is 0.675. The van der Waals surface area contributed by atoms with Crippen molar-refractivity contribution in [1.29, 1.82) is 0 Å². The fourth-order valence-electron chi connectivity index (χ4n) is 0.969. The molecule has 1 aromatic carbocycles. The Morgan fingerprint density at radius 1 is 1.42 bits per heavy atom. The minimum atomic E-state index is 0.172. The molecule has 0 aliphatic carbocycles. The molecule has 59 valence electrons. The van der Waals surface area contributed by atoms with Crippen LogP contribution in [0.25, 0.3) is 11.1 Å². The van der Waals surface area contributed by atoms with Crippen molar-refractivity contribution in [2.24, 2.45) is 0 Å². The van der Waals surface area contributed by atoms with E-state index in [1.54, 1.807) is 12.1 Å². The summed E-state index contributed by atoms with van der Waals surface area (Å²) in [5, 5.41) is 2.21. The van der Waals surface area contributed by atoms with E-state index >= 15 is 0 Å². The lowest BCUT2D eigenvalue weighted by Gasteiger charge is -1.82. The SMILES string of the molecule is O=[C]Nc1nc2ccccc2o1. The second kappa shape index (κ2) is 2.65. The standard InChI is InChI=1S/C8H5N2O2/c11-5-9-8-10-6-3-1-2-4-7(6)12-8/h1-4H,(H,9,10,11). The molecule has 1 radical (unpaired) electrons. The van der Waals surface area contributed by atoms with E-state index in [4.69, 9.17) is 4.42 Å². The predicted molar refractivity (Wildman–Crippen MR) is 43.3 cm³/mol. The Morgan fingerprint density at radius 2 is 2.25 bits per heavy atom. The van der Waals surface area contributed by atoms with Gasteiger partial charge < -0.3 is 4.42 Å². The van der Waals surface area contributed by atoms with E-state index < -0.39 is 0 Å². The first-order valence-corrected chi connectivity index (χ1v) is 3.39. The monoisotopic (exact) mass is 161 g/mol. The molecule has 0 fully saturated rings. The first kappa shape index (κ1) is 6.84. The van der Waals surface area contributed by atoms with Crippen molar-refractivity contribution in [3.63, 3.8) is 0 Å². The van der Waals surface area contributed by atoms with Crippen molar-refractivity contribution >= 4 is 23.5 Å². The summed E-state index contributed by atoms with van der Waals surface area (Å²) in [6.07, 6.45) is 1.49. The third-order valence-corrected chi connectivity index (χ3v) is 1.45. The van der Waals surface area contributed by atoms with Gasteiger partial charge in [-0.25, -0.2) is 0 Å². The zero-order valence-corrected chi connectivity index (χ0v) is 6.07. The number of aromatic nitrogens is 1. The molecule has 0 saturated carbocycles. The summed E-state index contributed by atoms with van der Waals surface area (Å²) in [6, 6.07) is 7.43. The van der Waals surface area contributed by atoms with Gasteiger partial charge in [0.2, 0.25) is 0 Å². The molecule has 1 heterocycles. The summed E-state index contributed by atoms with van der Waals surface area (Å²) in [6.45, 7) is 0. The second-order valence-electron chi connectivity index (χ2n) is 2.21. The average molecular weight is 161 g/mol. The fraction of sp³-hybridized carbons (Fsp3) is 0. The number of fused-ring (bicyclic) bond motifs is 1. The number of hydrogen-bond donors (Lipinski definition) is 1. The van der Waals surface area contributed by atoms with Crippen molar-refractivity contribution in [2.75, 3.05) is 5.32 Å². The summed E-state index contributed by atoms with van der Waals surface area (Å²) in [7, 11) is 0. The molecule has 1 amide bonds. The Hall–Kier alpha value is -1.84. The van der Waals surface area contributed by atoms with E-state index in [1.165, 1.54) is 6.41 Å². The zero-order chi connectivity index (χ0) is 8.39. The van der Waals surface area contributed by atoms with Crippen LogP contribution in [0.4, 0.5) is 6.01 Å². The Morgan fingerprint density at radius 3 is 3.00 bits per heavy atom. The molecule has 0 spiro atoms. The number of nitrogens with zero attached hydrogens (tertiary/aromatic N) is 1. The molecular weight excluding hydrogens is 156 g/mol. The van der Waals surface area contributed by atoms with Gasteiger partial charge in [0.15, 0.2) is 5.58 Å². The van der Waals surface area contributed by atoms with Gasteiger partial charge in [0.05, 0.1) is 0 Å². The lowest BCUT2D eigenvalue weighted by molar-refractivity contribution is 0.556. The number of rotatable bonds is 2. The molecule has 2 rings (SSSR count). The minimum absolute atomic E-state index is 0.172. The van der Waals surface area contributed by atoms with E-state index in [9.17, 15) is 4.79 Å². The smallest absolute Gasteiger partial charge is 0.317 e. The van der Waals surface area contributed by atoms with Gasteiger partial charge in [0, 0.05) is 0 Å². The summed E-state index contributed by atoms with van der Waals surface area (Å²) < 4.78 is 5.12.